The van der Waals surface area contributed by atoms with Crippen LogP contribution in [0.4, 0.5) is 4.39 Å². The topological polar surface area (TPSA) is 32.8 Å². The monoisotopic (exact) mass is 320 g/mol. The number of benzene rings is 1. The predicted octanol–water partition coefficient (Wildman–Crippen LogP) is 2.29. The summed E-state index contributed by atoms with van der Waals surface area (Å²) in [4.78, 5) is 16.9. The molecule has 3 aliphatic heterocycles. The number of hydrogen-bond donors (Lipinski definition) is 0. The third-order valence-electron chi connectivity index (χ3n) is 4.95. The molecular formula is C18H25FN2O2. The third kappa shape index (κ3) is 4.09. The first-order valence-electron chi connectivity index (χ1n) is 8.41. The van der Waals surface area contributed by atoms with Gasteiger partial charge in [-0.1, -0.05) is 12.1 Å². The third-order valence-corrected chi connectivity index (χ3v) is 4.95. The van der Waals surface area contributed by atoms with Crippen LogP contribution in [-0.4, -0.2) is 55.1 Å². The highest BCUT2D eigenvalue weighted by Crippen LogP contribution is 2.29. The minimum Gasteiger partial charge on any atom is -0.384 e. The van der Waals surface area contributed by atoms with Gasteiger partial charge < -0.3 is 9.64 Å². The minimum absolute atomic E-state index is 0.195. The van der Waals surface area contributed by atoms with Crippen LogP contribution < -0.4 is 0 Å². The molecule has 4 nitrogen and oxygen atoms in total. The Morgan fingerprint density at radius 3 is 2.74 bits per heavy atom. The van der Waals surface area contributed by atoms with Gasteiger partial charge in [0.2, 0.25) is 5.91 Å². The maximum atomic E-state index is 13.0. The lowest BCUT2D eigenvalue weighted by molar-refractivity contribution is -0.136. The molecule has 2 atom stereocenters. The number of nitrogens with zero attached hydrogens (tertiary/aromatic N) is 2. The smallest absolute Gasteiger partial charge is 0.225 e. The zero-order valence-electron chi connectivity index (χ0n) is 13.7. The number of methoxy groups -OCH3 is 1. The molecule has 0 unspecified atom stereocenters. The molecule has 0 saturated carbocycles. The number of ether oxygens (including phenoxy) is 1. The number of amides is 1. The molecular weight excluding hydrogens is 295 g/mol. The van der Waals surface area contributed by atoms with Crippen LogP contribution in [0.5, 0.6) is 0 Å². The minimum atomic E-state index is -0.195. The van der Waals surface area contributed by atoms with Gasteiger partial charge >= 0.3 is 0 Å². The Morgan fingerprint density at radius 1 is 1.22 bits per heavy atom. The average Bonchev–Trinajstić information content (AvgIpc) is 2.85. The van der Waals surface area contributed by atoms with E-state index in [1.807, 2.05) is 12.1 Å². The maximum absolute atomic E-state index is 13.0. The molecule has 1 amide bonds. The Bertz CT molecular complexity index is 534. The molecule has 0 spiro atoms. The molecule has 3 fully saturated rings. The van der Waals surface area contributed by atoms with E-state index in [2.05, 4.69) is 9.80 Å². The quantitative estimate of drug-likeness (QED) is 0.834. The van der Waals surface area contributed by atoms with Crippen molar-refractivity contribution in [3.05, 3.63) is 35.6 Å². The van der Waals surface area contributed by atoms with E-state index in [1.165, 1.54) is 18.6 Å². The lowest BCUT2D eigenvalue weighted by Gasteiger charge is -2.36. The van der Waals surface area contributed by atoms with Crippen molar-refractivity contribution in [2.75, 3.05) is 33.4 Å². The largest absolute Gasteiger partial charge is 0.384 e. The summed E-state index contributed by atoms with van der Waals surface area (Å²) in [7, 11) is 1.63. The summed E-state index contributed by atoms with van der Waals surface area (Å²) in [5.41, 5.74) is 1.13. The molecule has 0 radical (unpaired) electrons. The Morgan fingerprint density at radius 2 is 2.00 bits per heavy atom. The number of piperidine rings is 1. The fraction of sp³-hybridized carbons (Fsp3) is 0.611. The first-order chi connectivity index (χ1) is 11.2. The lowest BCUT2D eigenvalue weighted by Crippen LogP contribution is -2.47. The summed E-state index contributed by atoms with van der Waals surface area (Å²) in [5.74, 6) is 0.561. The van der Waals surface area contributed by atoms with Gasteiger partial charge in [0, 0.05) is 39.3 Å². The number of halogens is 1. The van der Waals surface area contributed by atoms with Crippen molar-refractivity contribution in [3.8, 4) is 0 Å². The summed E-state index contributed by atoms with van der Waals surface area (Å²) >= 11 is 0. The molecule has 1 aromatic carbocycles. The molecule has 3 heterocycles. The summed E-state index contributed by atoms with van der Waals surface area (Å²) in [6, 6.07) is 7.04. The van der Waals surface area contributed by atoms with Gasteiger partial charge in [-0.05, 0) is 36.5 Å². The van der Waals surface area contributed by atoms with Crippen molar-refractivity contribution >= 4 is 5.91 Å². The van der Waals surface area contributed by atoms with Crippen molar-refractivity contribution in [1.29, 1.82) is 0 Å². The van der Waals surface area contributed by atoms with Crippen molar-refractivity contribution in [2.24, 2.45) is 5.92 Å². The highest BCUT2D eigenvalue weighted by Gasteiger charge is 2.36. The fourth-order valence-electron chi connectivity index (χ4n) is 3.79. The highest BCUT2D eigenvalue weighted by atomic mass is 19.1. The molecule has 3 saturated heterocycles. The van der Waals surface area contributed by atoms with E-state index < -0.39 is 0 Å². The fourth-order valence-corrected chi connectivity index (χ4v) is 3.79. The van der Waals surface area contributed by atoms with Crippen LogP contribution in [0.15, 0.2) is 24.3 Å². The molecule has 1 aromatic rings. The van der Waals surface area contributed by atoms with Gasteiger partial charge in [0.1, 0.15) is 5.82 Å². The van der Waals surface area contributed by atoms with E-state index in [0.29, 0.717) is 25.0 Å². The van der Waals surface area contributed by atoms with E-state index in [-0.39, 0.29) is 11.7 Å². The van der Waals surface area contributed by atoms with Crippen molar-refractivity contribution in [1.82, 2.24) is 9.80 Å². The Hall–Kier alpha value is -1.46. The number of fused-ring (bicyclic) bond motifs is 4. The summed E-state index contributed by atoms with van der Waals surface area (Å²) < 4.78 is 18.1. The zero-order valence-corrected chi connectivity index (χ0v) is 13.7. The van der Waals surface area contributed by atoms with E-state index in [0.717, 1.165) is 38.2 Å². The van der Waals surface area contributed by atoms with Gasteiger partial charge in [-0.25, -0.2) is 4.39 Å². The standard InChI is InChI=1S/C18H25FN2O2/c1-23-9-8-18(22)21-12-15-4-7-17(21)13-20(11-15)10-14-2-5-16(19)6-3-14/h2-3,5-6,15,17H,4,7-13H2,1H3/t15-,17+/m0/s1. The number of carbonyl (C=O) groups excluding carboxylic acids is 1. The molecule has 126 valence electrons. The van der Waals surface area contributed by atoms with Gasteiger partial charge in [0.15, 0.2) is 0 Å². The van der Waals surface area contributed by atoms with Crippen LogP contribution in [0.3, 0.4) is 0 Å². The Kier molecular flexibility index (Phi) is 5.28. The van der Waals surface area contributed by atoms with E-state index >= 15 is 0 Å². The SMILES string of the molecule is COCCC(=O)N1C[C@H]2CC[C@@H]1CN(Cc1ccc(F)cc1)C2. The predicted molar refractivity (Wildman–Crippen MR) is 86.4 cm³/mol. The second kappa shape index (κ2) is 7.41. The van der Waals surface area contributed by atoms with Gasteiger partial charge in [0.25, 0.3) is 0 Å². The molecule has 4 rings (SSSR count). The van der Waals surface area contributed by atoms with E-state index in [1.54, 1.807) is 7.11 Å². The second-order valence-electron chi connectivity index (χ2n) is 6.71. The van der Waals surface area contributed by atoms with Gasteiger partial charge in [-0.15, -0.1) is 0 Å². The maximum Gasteiger partial charge on any atom is 0.225 e. The van der Waals surface area contributed by atoms with E-state index in [9.17, 15) is 9.18 Å². The molecule has 3 aliphatic rings. The number of hydrogen-bond acceptors (Lipinski definition) is 3. The van der Waals surface area contributed by atoms with Gasteiger partial charge in [-0.3, -0.25) is 9.69 Å². The van der Waals surface area contributed by atoms with Gasteiger partial charge in [0.05, 0.1) is 13.0 Å². The van der Waals surface area contributed by atoms with Crippen molar-refractivity contribution in [3.63, 3.8) is 0 Å². The summed E-state index contributed by atoms with van der Waals surface area (Å²) in [6.07, 6.45) is 2.75. The number of carbonyl (C=O) groups is 1. The molecule has 2 bridgehead atoms. The molecule has 0 N–H and O–H groups in total. The Balaban J connectivity index is 1.64. The molecule has 23 heavy (non-hydrogen) atoms. The van der Waals surface area contributed by atoms with Crippen LogP contribution >= 0.6 is 0 Å². The molecule has 5 heteroatoms. The van der Waals surface area contributed by atoms with Crippen LogP contribution in [0.25, 0.3) is 0 Å². The second-order valence-corrected chi connectivity index (χ2v) is 6.71. The normalized spacial score (nSPS) is 24.7. The molecule has 0 aromatic heterocycles. The van der Waals surface area contributed by atoms with Crippen LogP contribution in [-0.2, 0) is 16.1 Å². The van der Waals surface area contributed by atoms with Crippen molar-refractivity contribution in [2.45, 2.75) is 31.8 Å². The lowest BCUT2D eigenvalue weighted by atomic mass is 9.95. The zero-order chi connectivity index (χ0) is 16.2. The highest BCUT2D eigenvalue weighted by molar-refractivity contribution is 5.76. The molecule has 0 aliphatic carbocycles. The summed E-state index contributed by atoms with van der Waals surface area (Å²) in [5, 5.41) is 0. The summed E-state index contributed by atoms with van der Waals surface area (Å²) in [6.45, 7) is 4.11. The van der Waals surface area contributed by atoms with Crippen LogP contribution in [0, 0.1) is 11.7 Å². The number of rotatable bonds is 5. The van der Waals surface area contributed by atoms with Crippen molar-refractivity contribution < 1.29 is 13.9 Å². The first-order valence-corrected chi connectivity index (χ1v) is 8.41. The van der Waals surface area contributed by atoms with E-state index in [4.69, 9.17) is 4.74 Å². The first kappa shape index (κ1) is 16.4. The van der Waals surface area contributed by atoms with Crippen LogP contribution in [0.1, 0.15) is 24.8 Å². The average molecular weight is 320 g/mol. The Labute approximate surface area is 137 Å². The van der Waals surface area contributed by atoms with Gasteiger partial charge in [-0.2, -0.15) is 0 Å². The van der Waals surface area contributed by atoms with Crippen LogP contribution in [0.2, 0.25) is 0 Å².